The fourth-order valence-electron chi connectivity index (χ4n) is 0.424. The predicted octanol–water partition coefficient (Wildman–Crippen LogP) is -0.235. The van der Waals surface area contributed by atoms with Gasteiger partial charge in [-0.05, 0) is 6.58 Å². The van der Waals surface area contributed by atoms with Gasteiger partial charge in [-0.15, -0.1) is 0 Å². The van der Waals surface area contributed by atoms with E-state index < -0.39 is 17.7 Å². The molecular formula is C8H10O5. The van der Waals surface area contributed by atoms with Gasteiger partial charge in [0.15, 0.2) is 0 Å². The average Bonchev–Trinajstić information content (AvgIpc) is 2.13. The van der Waals surface area contributed by atoms with Gasteiger partial charge < -0.3 is 14.6 Å². The minimum Gasteiger partial charge on any atom is -0.457 e. The molecule has 0 aliphatic rings. The summed E-state index contributed by atoms with van der Waals surface area (Å²) in [6.45, 7) is 5.82. The Morgan fingerprint density at radius 3 is 2.54 bits per heavy atom. The maximum atomic E-state index is 10.8. The normalized spacial score (nSPS) is 8.69. The summed E-state index contributed by atoms with van der Waals surface area (Å²) in [6.07, 6.45) is 0.893. The van der Waals surface area contributed by atoms with E-state index in [2.05, 4.69) is 22.6 Å². The van der Waals surface area contributed by atoms with Gasteiger partial charge in [-0.1, -0.05) is 6.58 Å². The van der Waals surface area contributed by atoms with Crippen LogP contribution in [0.2, 0.25) is 0 Å². The Bertz CT molecular complexity index is 231. The van der Waals surface area contributed by atoms with Crippen LogP contribution >= 0.6 is 0 Å². The molecule has 5 nitrogen and oxygen atoms in total. The molecule has 0 unspecified atom stereocenters. The SMILES string of the molecule is C=CC(=O)OC(=C)C(=O)OCCO. The van der Waals surface area contributed by atoms with Crippen molar-refractivity contribution in [3.8, 4) is 0 Å². The zero-order valence-electron chi connectivity index (χ0n) is 6.99. The van der Waals surface area contributed by atoms with Gasteiger partial charge in [-0.2, -0.15) is 0 Å². The fraction of sp³-hybridized carbons (Fsp3) is 0.250. The molecule has 0 atom stereocenters. The second-order valence-electron chi connectivity index (χ2n) is 1.91. The third-order valence-electron chi connectivity index (χ3n) is 0.943. The molecule has 72 valence electrons. The number of carbonyl (C=O) groups excluding carboxylic acids is 2. The van der Waals surface area contributed by atoms with Crippen molar-refractivity contribution in [3.05, 3.63) is 25.0 Å². The van der Waals surface area contributed by atoms with E-state index >= 15 is 0 Å². The van der Waals surface area contributed by atoms with E-state index in [-0.39, 0.29) is 13.2 Å². The van der Waals surface area contributed by atoms with Gasteiger partial charge in [-0.3, -0.25) is 0 Å². The number of esters is 2. The van der Waals surface area contributed by atoms with Crippen molar-refractivity contribution < 1.29 is 24.2 Å². The molecule has 0 aliphatic heterocycles. The third kappa shape index (κ3) is 4.76. The first-order chi connectivity index (χ1) is 6.11. The van der Waals surface area contributed by atoms with Crippen LogP contribution in [0.1, 0.15) is 0 Å². The number of rotatable bonds is 5. The van der Waals surface area contributed by atoms with Gasteiger partial charge in [0.2, 0.25) is 5.76 Å². The molecule has 0 aliphatic carbocycles. The Labute approximate surface area is 75.3 Å². The van der Waals surface area contributed by atoms with Gasteiger partial charge in [0.25, 0.3) is 0 Å². The third-order valence-corrected chi connectivity index (χ3v) is 0.943. The highest BCUT2D eigenvalue weighted by atomic mass is 16.6. The van der Waals surface area contributed by atoms with Crippen LogP contribution in [0.3, 0.4) is 0 Å². The van der Waals surface area contributed by atoms with E-state index in [1.807, 2.05) is 0 Å². The lowest BCUT2D eigenvalue weighted by atomic mass is 10.5. The van der Waals surface area contributed by atoms with Crippen molar-refractivity contribution in [2.75, 3.05) is 13.2 Å². The highest BCUT2D eigenvalue weighted by molar-refractivity contribution is 5.91. The zero-order valence-corrected chi connectivity index (χ0v) is 6.99. The summed E-state index contributed by atoms with van der Waals surface area (Å²) in [4.78, 5) is 21.4. The van der Waals surface area contributed by atoms with Crippen LogP contribution in [0.5, 0.6) is 0 Å². The highest BCUT2D eigenvalue weighted by Gasteiger charge is 2.11. The Morgan fingerprint density at radius 2 is 2.08 bits per heavy atom. The largest absolute Gasteiger partial charge is 0.457 e. The number of hydrogen-bond donors (Lipinski definition) is 1. The van der Waals surface area contributed by atoms with Crippen LogP contribution < -0.4 is 0 Å². The molecule has 0 saturated carbocycles. The smallest absolute Gasteiger partial charge is 0.373 e. The average molecular weight is 186 g/mol. The first-order valence-corrected chi connectivity index (χ1v) is 3.43. The van der Waals surface area contributed by atoms with Gasteiger partial charge in [0.1, 0.15) is 6.61 Å². The quantitative estimate of drug-likeness (QED) is 0.364. The van der Waals surface area contributed by atoms with E-state index in [0.717, 1.165) is 6.08 Å². The standard InChI is InChI=1S/C8H10O5/c1-3-7(10)13-6(2)8(11)12-5-4-9/h3,9H,1-2,4-5H2. The van der Waals surface area contributed by atoms with Crippen molar-refractivity contribution in [1.29, 1.82) is 0 Å². The molecular weight excluding hydrogens is 176 g/mol. The van der Waals surface area contributed by atoms with E-state index in [0.29, 0.717) is 0 Å². The minimum atomic E-state index is -0.885. The lowest BCUT2D eigenvalue weighted by Crippen LogP contribution is -2.14. The van der Waals surface area contributed by atoms with Crippen molar-refractivity contribution in [3.63, 3.8) is 0 Å². The molecule has 0 aromatic heterocycles. The highest BCUT2D eigenvalue weighted by Crippen LogP contribution is 1.97. The molecule has 0 fully saturated rings. The van der Waals surface area contributed by atoms with E-state index in [1.54, 1.807) is 0 Å². The summed E-state index contributed by atoms with van der Waals surface area (Å²) in [5.74, 6) is -2.10. The van der Waals surface area contributed by atoms with Crippen LogP contribution in [0.15, 0.2) is 25.0 Å². The van der Waals surface area contributed by atoms with E-state index in [4.69, 9.17) is 5.11 Å². The fourth-order valence-corrected chi connectivity index (χ4v) is 0.424. The van der Waals surface area contributed by atoms with Crippen LogP contribution in [0.4, 0.5) is 0 Å². The Hall–Kier alpha value is -1.62. The van der Waals surface area contributed by atoms with Gasteiger partial charge in [0.05, 0.1) is 6.61 Å². The summed E-state index contributed by atoms with van der Waals surface area (Å²) in [7, 11) is 0. The first kappa shape index (κ1) is 11.4. The summed E-state index contributed by atoms with van der Waals surface area (Å²) < 4.78 is 8.75. The van der Waals surface area contributed by atoms with Crippen LogP contribution in [-0.4, -0.2) is 30.3 Å². The number of carbonyl (C=O) groups is 2. The van der Waals surface area contributed by atoms with Crippen LogP contribution in [0.25, 0.3) is 0 Å². The topological polar surface area (TPSA) is 72.8 Å². The molecule has 0 spiro atoms. The van der Waals surface area contributed by atoms with Gasteiger partial charge in [0, 0.05) is 6.08 Å². The number of aliphatic hydroxyl groups is 1. The molecule has 0 aromatic carbocycles. The molecule has 0 amide bonds. The lowest BCUT2D eigenvalue weighted by molar-refractivity contribution is -0.149. The maximum absolute atomic E-state index is 10.8. The number of ether oxygens (including phenoxy) is 2. The Kier molecular flexibility index (Phi) is 5.22. The Balaban J connectivity index is 3.89. The number of aliphatic hydroxyl groups excluding tert-OH is 1. The Morgan fingerprint density at radius 1 is 1.46 bits per heavy atom. The van der Waals surface area contributed by atoms with Crippen molar-refractivity contribution in [1.82, 2.24) is 0 Å². The molecule has 0 saturated heterocycles. The van der Waals surface area contributed by atoms with Crippen molar-refractivity contribution >= 4 is 11.9 Å². The molecule has 1 N–H and O–H groups in total. The van der Waals surface area contributed by atoms with Crippen LogP contribution in [0, 0.1) is 0 Å². The second-order valence-corrected chi connectivity index (χ2v) is 1.91. The second kappa shape index (κ2) is 5.96. The van der Waals surface area contributed by atoms with Crippen LogP contribution in [-0.2, 0) is 19.1 Å². The van der Waals surface area contributed by atoms with Gasteiger partial charge in [-0.25, -0.2) is 9.59 Å². The monoisotopic (exact) mass is 186 g/mol. The zero-order chi connectivity index (χ0) is 10.3. The van der Waals surface area contributed by atoms with Crippen molar-refractivity contribution in [2.45, 2.75) is 0 Å². The summed E-state index contributed by atoms with van der Waals surface area (Å²) in [6, 6.07) is 0. The lowest BCUT2D eigenvalue weighted by Gasteiger charge is -2.04. The molecule has 0 radical (unpaired) electrons. The summed E-state index contributed by atoms with van der Waals surface area (Å²) >= 11 is 0. The number of hydrogen-bond acceptors (Lipinski definition) is 5. The summed E-state index contributed by atoms with van der Waals surface area (Å²) in [5, 5.41) is 8.29. The minimum absolute atomic E-state index is 0.163. The first-order valence-electron chi connectivity index (χ1n) is 3.43. The molecule has 5 heteroatoms. The molecule has 0 aromatic rings. The molecule has 13 heavy (non-hydrogen) atoms. The maximum Gasteiger partial charge on any atom is 0.373 e. The molecule has 0 rings (SSSR count). The summed E-state index contributed by atoms with van der Waals surface area (Å²) in [5.41, 5.74) is 0. The van der Waals surface area contributed by atoms with Gasteiger partial charge >= 0.3 is 11.9 Å². The van der Waals surface area contributed by atoms with E-state index in [1.165, 1.54) is 0 Å². The van der Waals surface area contributed by atoms with E-state index in [9.17, 15) is 9.59 Å². The molecule has 0 bridgehead atoms. The predicted molar refractivity (Wildman–Crippen MR) is 43.5 cm³/mol. The van der Waals surface area contributed by atoms with Crippen molar-refractivity contribution in [2.24, 2.45) is 0 Å². The molecule has 0 heterocycles.